The number of hydrogen-bond donors (Lipinski definition) is 2. The van der Waals surface area contributed by atoms with E-state index in [1.807, 2.05) is 26.0 Å². The first kappa shape index (κ1) is 22.3. The highest BCUT2D eigenvalue weighted by molar-refractivity contribution is 6.25. The van der Waals surface area contributed by atoms with Crippen LogP contribution in [0.1, 0.15) is 65.5 Å². The standard InChI is InChI=1S/C23H23N3O3.C2H6/c1-3-15-8-10-16(11-9-15)13-24-18-6-4-5-17-20(18)23(29)26(22(17)28)19-12-7-14(2)25-21(19)27;1-2/h4-6,8-11,19,24H,2-3,7,12-13H2,1H3,(H,25,27);1-2H3. The van der Waals surface area contributed by atoms with E-state index in [1.54, 1.807) is 18.2 Å². The first-order valence-corrected chi connectivity index (χ1v) is 10.8. The van der Waals surface area contributed by atoms with Crippen LogP contribution in [0.25, 0.3) is 0 Å². The fraction of sp³-hybridized carbons (Fsp3) is 0.320. The van der Waals surface area contributed by atoms with Gasteiger partial charge in [-0.15, -0.1) is 0 Å². The van der Waals surface area contributed by atoms with Gasteiger partial charge in [0.25, 0.3) is 11.8 Å². The Kier molecular flexibility index (Phi) is 6.90. The minimum Gasteiger partial charge on any atom is -0.380 e. The summed E-state index contributed by atoms with van der Waals surface area (Å²) in [6.07, 6.45) is 1.92. The Morgan fingerprint density at radius 2 is 1.71 bits per heavy atom. The number of allylic oxidation sites excluding steroid dienone is 1. The van der Waals surface area contributed by atoms with Gasteiger partial charge >= 0.3 is 0 Å². The molecule has 0 aliphatic carbocycles. The van der Waals surface area contributed by atoms with E-state index in [-0.39, 0.29) is 5.91 Å². The van der Waals surface area contributed by atoms with Gasteiger partial charge in [0.15, 0.2) is 0 Å². The summed E-state index contributed by atoms with van der Waals surface area (Å²) in [4.78, 5) is 39.5. The van der Waals surface area contributed by atoms with Crippen LogP contribution in [0.4, 0.5) is 5.69 Å². The molecular formula is C25H29N3O3. The molecule has 1 saturated heterocycles. The molecule has 31 heavy (non-hydrogen) atoms. The molecule has 3 amide bonds. The number of anilines is 1. The topological polar surface area (TPSA) is 78.5 Å². The van der Waals surface area contributed by atoms with Crippen molar-refractivity contribution < 1.29 is 14.4 Å². The van der Waals surface area contributed by atoms with Crippen molar-refractivity contribution in [2.45, 2.75) is 52.6 Å². The summed E-state index contributed by atoms with van der Waals surface area (Å²) < 4.78 is 0. The second-order valence-corrected chi connectivity index (χ2v) is 7.38. The van der Waals surface area contributed by atoms with Crippen molar-refractivity contribution in [3.8, 4) is 0 Å². The number of piperidine rings is 1. The Labute approximate surface area is 183 Å². The minimum atomic E-state index is -0.803. The van der Waals surface area contributed by atoms with Crippen LogP contribution < -0.4 is 10.6 Å². The summed E-state index contributed by atoms with van der Waals surface area (Å²) in [6.45, 7) is 10.4. The van der Waals surface area contributed by atoms with Crippen molar-refractivity contribution in [3.63, 3.8) is 0 Å². The second kappa shape index (κ2) is 9.60. The number of amides is 3. The number of fused-ring (bicyclic) bond motifs is 1. The lowest BCUT2D eigenvalue weighted by Crippen LogP contribution is -2.51. The predicted octanol–water partition coefficient (Wildman–Crippen LogP) is 4.28. The van der Waals surface area contributed by atoms with Gasteiger partial charge in [0.05, 0.1) is 11.1 Å². The van der Waals surface area contributed by atoms with Crippen LogP contribution in [0, 0.1) is 0 Å². The van der Waals surface area contributed by atoms with E-state index in [9.17, 15) is 14.4 Å². The van der Waals surface area contributed by atoms with Crippen LogP contribution >= 0.6 is 0 Å². The van der Waals surface area contributed by atoms with Crippen molar-refractivity contribution >= 4 is 23.4 Å². The number of rotatable bonds is 5. The largest absolute Gasteiger partial charge is 0.380 e. The van der Waals surface area contributed by atoms with Crippen LogP contribution in [-0.2, 0) is 17.8 Å². The van der Waals surface area contributed by atoms with Gasteiger partial charge in [0, 0.05) is 17.9 Å². The molecule has 0 spiro atoms. The van der Waals surface area contributed by atoms with E-state index in [1.165, 1.54) is 5.56 Å². The van der Waals surface area contributed by atoms with Crippen LogP contribution in [0.3, 0.4) is 0 Å². The van der Waals surface area contributed by atoms with Gasteiger partial charge in [-0.05, 0) is 42.5 Å². The third-order valence-corrected chi connectivity index (χ3v) is 5.49. The highest BCUT2D eigenvalue weighted by atomic mass is 16.2. The molecule has 6 nitrogen and oxygen atoms in total. The predicted molar refractivity (Wildman–Crippen MR) is 122 cm³/mol. The average Bonchev–Trinajstić information content (AvgIpc) is 3.05. The van der Waals surface area contributed by atoms with Crippen molar-refractivity contribution in [1.82, 2.24) is 10.2 Å². The maximum absolute atomic E-state index is 13.1. The van der Waals surface area contributed by atoms with Crippen molar-refractivity contribution in [2.24, 2.45) is 0 Å². The van der Waals surface area contributed by atoms with Crippen LogP contribution in [0.15, 0.2) is 54.7 Å². The molecule has 2 aromatic carbocycles. The number of nitrogens with zero attached hydrogens (tertiary/aromatic N) is 1. The molecule has 0 saturated carbocycles. The number of hydrogen-bond acceptors (Lipinski definition) is 4. The van der Waals surface area contributed by atoms with Gasteiger partial charge in [0.1, 0.15) is 6.04 Å². The number of nitrogens with one attached hydrogen (secondary N) is 2. The third-order valence-electron chi connectivity index (χ3n) is 5.49. The van der Waals surface area contributed by atoms with Crippen molar-refractivity contribution in [3.05, 3.63) is 77.0 Å². The lowest BCUT2D eigenvalue weighted by atomic mass is 10.0. The average molecular weight is 420 g/mol. The molecule has 0 aromatic heterocycles. The van der Waals surface area contributed by atoms with Crippen LogP contribution in [-0.4, -0.2) is 28.7 Å². The molecule has 162 valence electrons. The fourth-order valence-corrected chi connectivity index (χ4v) is 3.83. The molecule has 0 radical (unpaired) electrons. The monoisotopic (exact) mass is 419 g/mol. The molecule has 2 aliphatic heterocycles. The number of carbonyl (C=O) groups is 3. The molecule has 2 heterocycles. The van der Waals surface area contributed by atoms with Crippen molar-refractivity contribution in [2.75, 3.05) is 5.32 Å². The summed E-state index contributed by atoms with van der Waals surface area (Å²) in [6, 6.07) is 12.6. The Morgan fingerprint density at radius 3 is 2.35 bits per heavy atom. The summed E-state index contributed by atoms with van der Waals surface area (Å²) in [5, 5.41) is 5.93. The summed E-state index contributed by atoms with van der Waals surface area (Å²) >= 11 is 0. The van der Waals surface area contributed by atoms with E-state index < -0.39 is 17.9 Å². The van der Waals surface area contributed by atoms with E-state index in [4.69, 9.17) is 0 Å². The highest BCUT2D eigenvalue weighted by Gasteiger charge is 2.44. The number of aryl methyl sites for hydroxylation is 1. The van der Waals surface area contributed by atoms with Gasteiger partial charge in [-0.3, -0.25) is 19.3 Å². The maximum atomic E-state index is 13.1. The molecule has 1 fully saturated rings. The SMILES string of the molecule is C=C1CCC(N2C(=O)c3cccc(NCc4ccc(CC)cc4)c3C2=O)C(=O)N1.CC. The molecule has 2 aromatic rings. The highest BCUT2D eigenvalue weighted by Crippen LogP contribution is 2.33. The first-order chi connectivity index (χ1) is 15.0. The first-order valence-electron chi connectivity index (χ1n) is 10.8. The van der Waals surface area contributed by atoms with E-state index >= 15 is 0 Å². The van der Waals surface area contributed by atoms with Gasteiger partial charge in [0.2, 0.25) is 5.91 Å². The van der Waals surface area contributed by atoms with E-state index in [2.05, 4.69) is 36.3 Å². The summed E-state index contributed by atoms with van der Waals surface area (Å²) in [5.74, 6) is -1.21. The summed E-state index contributed by atoms with van der Waals surface area (Å²) in [7, 11) is 0. The van der Waals surface area contributed by atoms with Crippen molar-refractivity contribution in [1.29, 1.82) is 0 Å². The van der Waals surface area contributed by atoms with Crippen LogP contribution in [0.2, 0.25) is 0 Å². The van der Waals surface area contributed by atoms with Gasteiger partial charge in [-0.25, -0.2) is 0 Å². The Morgan fingerprint density at radius 1 is 1.03 bits per heavy atom. The lowest BCUT2D eigenvalue weighted by molar-refractivity contribution is -0.125. The fourth-order valence-electron chi connectivity index (χ4n) is 3.83. The normalized spacial score (nSPS) is 17.6. The minimum absolute atomic E-state index is 0.332. The molecule has 2 aliphatic rings. The zero-order valence-electron chi connectivity index (χ0n) is 18.3. The number of carbonyl (C=O) groups excluding carboxylic acids is 3. The Balaban J connectivity index is 0.00000132. The molecule has 4 rings (SSSR count). The molecule has 0 bridgehead atoms. The lowest BCUT2D eigenvalue weighted by Gasteiger charge is -2.29. The zero-order chi connectivity index (χ0) is 22.5. The van der Waals surface area contributed by atoms with Gasteiger partial charge < -0.3 is 10.6 Å². The zero-order valence-corrected chi connectivity index (χ0v) is 18.3. The van der Waals surface area contributed by atoms with Crippen LogP contribution in [0.5, 0.6) is 0 Å². The third kappa shape index (κ3) is 4.38. The van der Waals surface area contributed by atoms with E-state index in [0.29, 0.717) is 41.9 Å². The molecule has 1 unspecified atom stereocenters. The molecule has 1 atom stereocenters. The molecular weight excluding hydrogens is 390 g/mol. The quantitative estimate of drug-likeness (QED) is 0.709. The summed E-state index contributed by atoms with van der Waals surface area (Å²) in [5.41, 5.74) is 4.22. The van der Waals surface area contributed by atoms with E-state index in [0.717, 1.165) is 16.9 Å². The smallest absolute Gasteiger partial charge is 0.264 e. The van der Waals surface area contributed by atoms with Gasteiger partial charge in [-0.1, -0.05) is 57.7 Å². The molecule has 2 N–H and O–H groups in total. The van der Waals surface area contributed by atoms with Gasteiger partial charge in [-0.2, -0.15) is 0 Å². The maximum Gasteiger partial charge on any atom is 0.264 e. The molecule has 6 heteroatoms. The number of benzene rings is 2. The second-order valence-electron chi connectivity index (χ2n) is 7.38. The Hall–Kier alpha value is -3.41. The Bertz CT molecular complexity index is 1010. The number of imide groups is 1.